The zero-order chi connectivity index (χ0) is 14.0. The van der Waals surface area contributed by atoms with E-state index in [1.807, 2.05) is 16.9 Å². The minimum atomic E-state index is 0.0513. The van der Waals surface area contributed by atoms with Gasteiger partial charge in [0.05, 0.1) is 11.2 Å². The van der Waals surface area contributed by atoms with E-state index in [-0.39, 0.29) is 5.41 Å². The number of halogens is 1. The monoisotopic (exact) mass is 297 g/mol. The number of rotatable bonds is 4. The Kier molecular flexibility index (Phi) is 4.41. The molecule has 0 bridgehead atoms. The third-order valence-electron chi connectivity index (χ3n) is 2.95. The maximum atomic E-state index is 5.79. The van der Waals surface area contributed by atoms with Crippen LogP contribution in [0.3, 0.4) is 0 Å². The Morgan fingerprint density at radius 2 is 2.16 bits per heavy atom. The average Bonchev–Trinajstić information content (AvgIpc) is 2.74. The Bertz CT molecular complexity index is 559. The van der Waals surface area contributed by atoms with E-state index in [2.05, 4.69) is 43.8 Å². The van der Waals surface area contributed by atoms with Crippen molar-refractivity contribution in [3.63, 3.8) is 0 Å². The van der Waals surface area contributed by atoms with Crippen LogP contribution in [0.4, 0.5) is 0 Å². The molecule has 5 heteroatoms. The minimum absolute atomic E-state index is 0.0513. The van der Waals surface area contributed by atoms with Crippen molar-refractivity contribution >= 4 is 28.9 Å². The summed E-state index contributed by atoms with van der Waals surface area (Å²) in [6.45, 7) is 8.70. The Balaban J connectivity index is 2.37. The molecule has 0 radical (unpaired) electrons. The van der Waals surface area contributed by atoms with Crippen molar-refractivity contribution in [2.75, 3.05) is 5.88 Å². The molecule has 0 aliphatic heterocycles. The SMILES string of the molecule is CC(CCCl)Sc1nccn2nc(C(C)(C)C)cc12. The van der Waals surface area contributed by atoms with Crippen LogP contribution in [0.15, 0.2) is 23.5 Å². The summed E-state index contributed by atoms with van der Waals surface area (Å²) in [5.41, 5.74) is 2.22. The van der Waals surface area contributed by atoms with E-state index in [9.17, 15) is 0 Å². The molecule has 0 aromatic carbocycles. The molecule has 0 aliphatic carbocycles. The summed E-state index contributed by atoms with van der Waals surface area (Å²) < 4.78 is 1.92. The standard InChI is InChI=1S/C14H20ClN3S/c1-10(5-6-15)19-13-11-9-12(14(2,3)4)17-18(11)8-7-16-13/h7-10H,5-6H2,1-4H3. The van der Waals surface area contributed by atoms with Gasteiger partial charge in [-0.1, -0.05) is 27.7 Å². The van der Waals surface area contributed by atoms with E-state index >= 15 is 0 Å². The molecule has 0 amide bonds. The van der Waals surface area contributed by atoms with Gasteiger partial charge in [0.1, 0.15) is 5.03 Å². The quantitative estimate of drug-likeness (QED) is 0.628. The summed E-state index contributed by atoms with van der Waals surface area (Å²) in [6, 6.07) is 2.14. The van der Waals surface area contributed by atoms with Crippen molar-refractivity contribution in [3.8, 4) is 0 Å². The number of aromatic nitrogens is 3. The summed E-state index contributed by atoms with van der Waals surface area (Å²) in [6.07, 6.45) is 4.69. The summed E-state index contributed by atoms with van der Waals surface area (Å²) in [4.78, 5) is 4.48. The minimum Gasteiger partial charge on any atom is -0.246 e. The molecule has 1 unspecified atom stereocenters. The largest absolute Gasteiger partial charge is 0.246 e. The Morgan fingerprint density at radius 3 is 2.79 bits per heavy atom. The first-order valence-electron chi connectivity index (χ1n) is 6.49. The molecule has 2 aromatic heterocycles. The third-order valence-corrected chi connectivity index (χ3v) is 4.35. The normalized spacial score (nSPS) is 13.9. The number of hydrogen-bond acceptors (Lipinski definition) is 3. The molecule has 0 aliphatic rings. The van der Waals surface area contributed by atoms with Crippen molar-refractivity contribution in [2.24, 2.45) is 0 Å². The van der Waals surface area contributed by atoms with Gasteiger partial charge in [-0.3, -0.25) is 0 Å². The maximum Gasteiger partial charge on any atom is 0.122 e. The highest BCUT2D eigenvalue weighted by Gasteiger charge is 2.19. The fourth-order valence-electron chi connectivity index (χ4n) is 1.76. The Hall–Kier alpha value is -0.740. The molecule has 0 N–H and O–H groups in total. The van der Waals surface area contributed by atoms with Gasteiger partial charge in [-0.05, 0) is 12.5 Å². The van der Waals surface area contributed by atoms with E-state index in [0.717, 1.165) is 22.7 Å². The first kappa shape index (κ1) is 14.7. The Morgan fingerprint density at radius 1 is 1.42 bits per heavy atom. The third kappa shape index (κ3) is 3.42. The van der Waals surface area contributed by atoms with Crippen molar-refractivity contribution in [1.82, 2.24) is 14.6 Å². The number of nitrogens with zero attached hydrogens (tertiary/aromatic N) is 3. The van der Waals surface area contributed by atoms with E-state index < -0.39 is 0 Å². The topological polar surface area (TPSA) is 30.2 Å². The van der Waals surface area contributed by atoms with Gasteiger partial charge < -0.3 is 0 Å². The van der Waals surface area contributed by atoms with Crippen LogP contribution in [-0.2, 0) is 5.41 Å². The molecule has 0 saturated carbocycles. The zero-order valence-corrected chi connectivity index (χ0v) is 13.4. The highest BCUT2D eigenvalue weighted by Crippen LogP contribution is 2.30. The molecular weight excluding hydrogens is 278 g/mol. The van der Waals surface area contributed by atoms with E-state index in [1.54, 1.807) is 11.8 Å². The van der Waals surface area contributed by atoms with Gasteiger partial charge in [0.2, 0.25) is 0 Å². The number of fused-ring (bicyclic) bond motifs is 1. The molecule has 0 fully saturated rings. The van der Waals surface area contributed by atoms with Crippen LogP contribution < -0.4 is 0 Å². The van der Waals surface area contributed by atoms with Crippen molar-refractivity contribution in [3.05, 3.63) is 24.2 Å². The van der Waals surface area contributed by atoms with Gasteiger partial charge in [-0.2, -0.15) is 5.10 Å². The Labute approximate surface area is 123 Å². The molecule has 19 heavy (non-hydrogen) atoms. The van der Waals surface area contributed by atoms with Crippen LogP contribution >= 0.6 is 23.4 Å². The zero-order valence-electron chi connectivity index (χ0n) is 11.9. The molecule has 2 heterocycles. The van der Waals surface area contributed by atoms with Gasteiger partial charge in [0.15, 0.2) is 0 Å². The van der Waals surface area contributed by atoms with E-state index in [0.29, 0.717) is 11.1 Å². The van der Waals surface area contributed by atoms with Gasteiger partial charge in [0, 0.05) is 28.9 Å². The molecule has 104 valence electrons. The fraction of sp³-hybridized carbons (Fsp3) is 0.571. The number of thioether (sulfide) groups is 1. The first-order valence-corrected chi connectivity index (χ1v) is 7.90. The molecule has 0 spiro atoms. The fourth-order valence-corrected chi connectivity index (χ4v) is 3.23. The second-order valence-corrected chi connectivity index (χ2v) is 7.55. The lowest BCUT2D eigenvalue weighted by molar-refractivity contribution is 0.562. The smallest absolute Gasteiger partial charge is 0.122 e. The molecule has 2 aromatic rings. The summed E-state index contributed by atoms with van der Waals surface area (Å²) in [7, 11) is 0. The van der Waals surface area contributed by atoms with Crippen molar-refractivity contribution in [2.45, 2.75) is 49.8 Å². The number of alkyl halides is 1. The lowest BCUT2D eigenvalue weighted by Gasteiger charge is -2.13. The molecule has 2 rings (SSSR count). The predicted molar refractivity (Wildman–Crippen MR) is 82.3 cm³/mol. The highest BCUT2D eigenvalue weighted by molar-refractivity contribution is 8.00. The van der Waals surface area contributed by atoms with Crippen LogP contribution in [0.25, 0.3) is 5.52 Å². The molecule has 3 nitrogen and oxygen atoms in total. The van der Waals surface area contributed by atoms with Gasteiger partial charge >= 0.3 is 0 Å². The highest BCUT2D eigenvalue weighted by atomic mass is 35.5. The molecule has 0 saturated heterocycles. The van der Waals surface area contributed by atoms with E-state index in [4.69, 9.17) is 11.6 Å². The van der Waals surface area contributed by atoms with Crippen LogP contribution in [0, 0.1) is 0 Å². The molecular formula is C14H20ClN3S. The van der Waals surface area contributed by atoms with Gasteiger partial charge in [-0.25, -0.2) is 9.50 Å². The molecule has 1 atom stereocenters. The summed E-state index contributed by atoms with van der Waals surface area (Å²) in [5.74, 6) is 0.684. The van der Waals surface area contributed by atoms with Crippen LogP contribution in [0.5, 0.6) is 0 Å². The van der Waals surface area contributed by atoms with Crippen molar-refractivity contribution < 1.29 is 0 Å². The van der Waals surface area contributed by atoms with Crippen LogP contribution in [-0.4, -0.2) is 25.7 Å². The summed E-state index contributed by atoms with van der Waals surface area (Å²) in [5, 5.41) is 6.13. The predicted octanol–water partition coefficient (Wildman–Crippen LogP) is 4.14. The van der Waals surface area contributed by atoms with Gasteiger partial charge in [-0.15, -0.1) is 23.4 Å². The van der Waals surface area contributed by atoms with Crippen molar-refractivity contribution in [1.29, 1.82) is 0 Å². The van der Waals surface area contributed by atoms with E-state index in [1.165, 1.54) is 0 Å². The first-order chi connectivity index (χ1) is 8.91. The second kappa shape index (κ2) is 5.71. The van der Waals surface area contributed by atoms with Crippen LogP contribution in [0.2, 0.25) is 0 Å². The van der Waals surface area contributed by atoms with Crippen LogP contribution in [0.1, 0.15) is 39.8 Å². The lowest BCUT2D eigenvalue weighted by Crippen LogP contribution is -2.11. The summed E-state index contributed by atoms with van der Waals surface area (Å²) >= 11 is 7.56. The number of hydrogen-bond donors (Lipinski definition) is 0. The van der Waals surface area contributed by atoms with Gasteiger partial charge in [0.25, 0.3) is 0 Å². The lowest BCUT2D eigenvalue weighted by atomic mass is 9.92. The second-order valence-electron chi connectivity index (χ2n) is 5.75. The average molecular weight is 298 g/mol. The maximum absolute atomic E-state index is 5.79.